The molecule has 0 aromatic heterocycles. The van der Waals surface area contributed by atoms with Crippen molar-refractivity contribution in [2.45, 2.75) is 39.3 Å². The van der Waals surface area contributed by atoms with Gasteiger partial charge < -0.3 is 27.2 Å². The Morgan fingerprint density at radius 3 is 2.41 bits per heavy atom. The number of hydrogen-bond donors (Lipinski definition) is 5. The summed E-state index contributed by atoms with van der Waals surface area (Å²) in [5.74, 6) is -1.77. The fourth-order valence-electron chi connectivity index (χ4n) is 2.37. The summed E-state index contributed by atoms with van der Waals surface area (Å²) in [6, 6.07) is 5.26. The van der Waals surface area contributed by atoms with Crippen molar-refractivity contribution in [1.29, 1.82) is 0 Å². The van der Waals surface area contributed by atoms with E-state index >= 15 is 0 Å². The standard InChI is InChI=1S/C19H29FN4O3/c1-12(2)17(21)16(20)10-14(4-3-9-23-19(22)27)18(26)24-15-7-5-13(11-25)6-8-15/h5-8,10,12,14,17,25H,3-4,9,11,21H2,1-2H3,(H,24,26)(H3,22,23,27)/b16-10-/t14-,17+/m1/s1. The van der Waals surface area contributed by atoms with Gasteiger partial charge in [-0.3, -0.25) is 4.79 Å². The zero-order valence-electron chi connectivity index (χ0n) is 15.7. The van der Waals surface area contributed by atoms with Crippen molar-refractivity contribution in [2.75, 3.05) is 11.9 Å². The van der Waals surface area contributed by atoms with Gasteiger partial charge in [-0.15, -0.1) is 0 Å². The Kier molecular flexibility index (Phi) is 9.46. The highest BCUT2D eigenvalue weighted by Crippen LogP contribution is 2.19. The molecule has 0 aliphatic rings. The summed E-state index contributed by atoms with van der Waals surface area (Å²) in [6.07, 6.45) is 2.01. The number of halogens is 1. The van der Waals surface area contributed by atoms with Gasteiger partial charge in [0.15, 0.2) is 0 Å². The summed E-state index contributed by atoms with van der Waals surface area (Å²) in [5, 5.41) is 14.2. The number of benzene rings is 1. The Morgan fingerprint density at radius 1 is 1.26 bits per heavy atom. The second kappa shape index (κ2) is 11.3. The van der Waals surface area contributed by atoms with Crippen molar-refractivity contribution < 1.29 is 19.1 Å². The molecule has 8 heteroatoms. The second-order valence-electron chi connectivity index (χ2n) is 6.71. The van der Waals surface area contributed by atoms with E-state index < -0.39 is 23.8 Å². The number of rotatable bonds is 10. The van der Waals surface area contributed by atoms with Crippen molar-refractivity contribution in [3.8, 4) is 0 Å². The lowest BCUT2D eigenvalue weighted by molar-refractivity contribution is -0.118. The molecule has 0 heterocycles. The molecule has 0 aliphatic carbocycles. The first kappa shape index (κ1) is 22.6. The molecule has 0 unspecified atom stereocenters. The normalized spacial score (nSPS) is 13.9. The Balaban J connectivity index is 2.84. The predicted octanol–water partition coefficient (Wildman–Crippen LogP) is 2.02. The van der Waals surface area contributed by atoms with Gasteiger partial charge in [0.25, 0.3) is 0 Å². The average molecular weight is 380 g/mol. The molecule has 150 valence electrons. The lowest BCUT2D eigenvalue weighted by Crippen LogP contribution is -2.31. The highest BCUT2D eigenvalue weighted by atomic mass is 19.1. The van der Waals surface area contributed by atoms with E-state index in [1.165, 1.54) is 6.08 Å². The van der Waals surface area contributed by atoms with Crippen LogP contribution in [0.15, 0.2) is 36.2 Å². The van der Waals surface area contributed by atoms with Crippen LogP contribution in [0.3, 0.4) is 0 Å². The van der Waals surface area contributed by atoms with Crippen LogP contribution in [0.5, 0.6) is 0 Å². The molecule has 0 bridgehead atoms. The summed E-state index contributed by atoms with van der Waals surface area (Å²) in [4.78, 5) is 23.3. The lowest BCUT2D eigenvalue weighted by atomic mass is 9.97. The van der Waals surface area contributed by atoms with Gasteiger partial charge in [0.2, 0.25) is 5.91 Å². The third kappa shape index (κ3) is 8.19. The number of aliphatic hydroxyl groups is 1. The van der Waals surface area contributed by atoms with Crippen molar-refractivity contribution >= 4 is 17.6 Å². The molecule has 2 atom stereocenters. The van der Waals surface area contributed by atoms with Crippen LogP contribution in [0.4, 0.5) is 14.9 Å². The maximum atomic E-state index is 14.4. The van der Waals surface area contributed by atoms with Crippen LogP contribution in [-0.2, 0) is 11.4 Å². The van der Waals surface area contributed by atoms with Gasteiger partial charge in [-0.05, 0) is 42.5 Å². The topological polar surface area (TPSA) is 130 Å². The zero-order valence-corrected chi connectivity index (χ0v) is 15.7. The van der Waals surface area contributed by atoms with Crippen LogP contribution < -0.4 is 22.1 Å². The molecule has 0 fully saturated rings. The minimum atomic E-state index is -0.784. The number of primary amides is 1. The molecule has 0 saturated heterocycles. The Labute approximate surface area is 159 Å². The largest absolute Gasteiger partial charge is 0.392 e. The summed E-state index contributed by atoms with van der Waals surface area (Å²) in [7, 11) is 0. The van der Waals surface area contributed by atoms with E-state index in [9.17, 15) is 14.0 Å². The van der Waals surface area contributed by atoms with Gasteiger partial charge in [0.05, 0.1) is 18.6 Å². The fraction of sp³-hybridized carbons (Fsp3) is 0.474. The molecular formula is C19H29FN4O3. The van der Waals surface area contributed by atoms with E-state index in [0.29, 0.717) is 18.5 Å². The first-order valence-corrected chi connectivity index (χ1v) is 8.91. The minimum absolute atomic E-state index is 0.0925. The number of carbonyl (C=O) groups is 2. The molecule has 7 nitrogen and oxygen atoms in total. The van der Waals surface area contributed by atoms with Gasteiger partial charge in [-0.2, -0.15) is 0 Å². The molecule has 1 aromatic rings. The summed E-state index contributed by atoms with van der Waals surface area (Å²) >= 11 is 0. The molecule has 0 radical (unpaired) electrons. The highest BCUT2D eigenvalue weighted by Gasteiger charge is 2.21. The van der Waals surface area contributed by atoms with E-state index in [0.717, 1.165) is 5.56 Å². The predicted molar refractivity (Wildman–Crippen MR) is 103 cm³/mol. The van der Waals surface area contributed by atoms with Crippen molar-refractivity contribution in [3.05, 3.63) is 41.7 Å². The quantitative estimate of drug-likeness (QED) is 0.397. The van der Waals surface area contributed by atoms with Crippen molar-refractivity contribution in [3.63, 3.8) is 0 Å². The van der Waals surface area contributed by atoms with Gasteiger partial charge in [-0.25, -0.2) is 9.18 Å². The summed E-state index contributed by atoms with van der Waals surface area (Å²) < 4.78 is 14.4. The van der Waals surface area contributed by atoms with Gasteiger partial charge in [0.1, 0.15) is 5.83 Å². The fourth-order valence-corrected chi connectivity index (χ4v) is 2.37. The smallest absolute Gasteiger partial charge is 0.312 e. The second-order valence-corrected chi connectivity index (χ2v) is 6.71. The molecule has 0 spiro atoms. The third-order valence-corrected chi connectivity index (χ3v) is 4.13. The van der Waals surface area contributed by atoms with Crippen molar-refractivity contribution in [2.24, 2.45) is 23.3 Å². The van der Waals surface area contributed by atoms with Crippen LogP contribution in [0.1, 0.15) is 32.3 Å². The Bertz CT molecular complexity index is 647. The number of amides is 3. The molecule has 1 aromatic carbocycles. The SMILES string of the molecule is CC(C)[C@H](N)/C(F)=C/[C@@H](CCCNC(N)=O)C(=O)Nc1ccc(CO)cc1. The number of nitrogens with one attached hydrogen (secondary N) is 2. The van der Waals surface area contributed by atoms with E-state index in [2.05, 4.69) is 10.6 Å². The van der Waals surface area contributed by atoms with E-state index in [1.807, 2.05) is 0 Å². The first-order chi connectivity index (χ1) is 12.7. The van der Waals surface area contributed by atoms with Crippen LogP contribution in [-0.4, -0.2) is 29.6 Å². The Morgan fingerprint density at radius 2 is 1.89 bits per heavy atom. The van der Waals surface area contributed by atoms with Crippen LogP contribution in [0, 0.1) is 11.8 Å². The maximum absolute atomic E-state index is 14.4. The average Bonchev–Trinajstić information content (AvgIpc) is 2.63. The van der Waals surface area contributed by atoms with Gasteiger partial charge in [-0.1, -0.05) is 26.0 Å². The first-order valence-electron chi connectivity index (χ1n) is 8.91. The molecule has 0 aliphatic heterocycles. The molecule has 7 N–H and O–H groups in total. The van der Waals surface area contributed by atoms with Gasteiger partial charge >= 0.3 is 6.03 Å². The molecular weight excluding hydrogens is 351 g/mol. The van der Waals surface area contributed by atoms with Crippen molar-refractivity contribution in [1.82, 2.24) is 5.32 Å². The molecule has 3 amide bonds. The number of anilines is 1. The number of carbonyl (C=O) groups excluding carboxylic acids is 2. The lowest BCUT2D eigenvalue weighted by Gasteiger charge is -2.18. The van der Waals surface area contributed by atoms with Crippen LogP contribution >= 0.6 is 0 Å². The molecule has 0 saturated carbocycles. The third-order valence-electron chi connectivity index (χ3n) is 4.13. The van der Waals surface area contributed by atoms with E-state index in [-0.39, 0.29) is 25.0 Å². The monoisotopic (exact) mass is 380 g/mol. The summed E-state index contributed by atoms with van der Waals surface area (Å²) in [5.41, 5.74) is 12.1. The van der Waals surface area contributed by atoms with Crippen LogP contribution in [0.25, 0.3) is 0 Å². The number of urea groups is 1. The summed E-state index contributed by atoms with van der Waals surface area (Å²) in [6.45, 7) is 3.79. The number of aliphatic hydroxyl groups excluding tert-OH is 1. The Hall–Kier alpha value is -2.45. The molecule has 1 rings (SSSR count). The number of hydrogen-bond acceptors (Lipinski definition) is 4. The van der Waals surface area contributed by atoms with E-state index in [4.69, 9.17) is 16.6 Å². The van der Waals surface area contributed by atoms with E-state index in [1.54, 1.807) is 38.1 Å². The zero-order chi connectivity index (χ0) is 20.4. The number of nitrogens with two attached hydrogens (primary N) is 2. The molecule has 27 heavy (non-hydrogen) atoms. The maximum Gasteiger partial charge on any atom is 0.312 e. The van der Waals surface area contributed by atoms with Crippen LogP contribution in [0.2, 0.25) is 0 Å². The highest BCUT2D eigenvalue weighted by molar-refractivity contribution is 5.93. The van der Waals surface area contributed by atoms with Gasteiger partial charge in [0, 0.05) is 12.2 Å². The minimum Gasteiger partial charge on any atom is -0.392 e.